The van der Waals surface area contributed by atoms with Crippen LogP contribution in [0.1, 0.15) is 44.6 Å². The molecule has 0 saturated heterocycles. The van der Waals surface area contributed by atoms with Gasteiger partial charge in [0.05, 0.1) is 6.10 Å². The molecular formula is C14H21ClO. The van der Waals surface area contributed by atoms with Gasteiger partial charge in [0.1, 0.15) is 0 Å². The van der Waals surface area contributed by atoms with Crippen LogP contribution in [-0.2, 0) is 6.42 Å². The molecular weight excluding hydrogens is 220 g/mol. The Bertz CT molecular complexity index is 299. The second kappa shape index (κ2) is 7.70. The molecule has 90 valence electrons. The summed E-state index contributed by atoms with van der Waals surface area (Å²) in [6.07, 6.45) is 6.24. The standard InChI is InChI=1S/C14H21ClO/c1-2-3-4-5-9-14(16)11-12-7-6-8-13(15)10-12/h6-8,10,14,16H,2-5,9,11H2,1H3. The normalized spacial score (nSPS) is 12.7. The van der Waals surface area contributed by atoms with Gasteiger partial charge in [-0.1, -0.05) is 56.3 Å². The monoisotopic (exact) mass is 240 g/mol. The lowest BCUT2D eigenvalue weighted by molar-refractivity contribution is 0.161. The van der Waals surface area contributed by atoms with Crippen molar-refractivity contribution in [1.29, 1.82) is 0 Å². The van der Waals surface area contributed by atoms with Gasteiger partial charge in [-0.15, -0.1) is 0 Å². The first-order chi connectivity index (χ1) is 7.72. The van der Waals surface area contributed by atoms with Crippen LogP contribution in [0.25, 0.3) is 0 Å². The van der Waals surface area contributed by atoms with Crippen LogP contribution in [0, 0.1) is 0 Å². The van der Waals surface area contributed by atoms with E-state index in [1.165, 1.54) is 19.3 Å². The second-order valence-electron chi connectivity index (χ2n) is 4.34. The van der Waals surface area contributed by atoms with Crippen LogP contribution in [0.4, 0.5) is 0 Å². The van der Waals surface area contributed by atoms with Gasteiger partial charge in [0.25, 0.3) is 0 Å². The third-order valence-electron chi connectivity index (χ3n) is 2.75. The van der Waals surface area contributed by atoms with Crippen LogP contribution in [0.5, 0.6) is 0 Å². The van der Waals surface area contributed by atoms with Crippen molar-refractivity contribution >= 4 is 11.6 Å². The van der Waals surface area contributed by atoms with E-state index in [1.54, 1.807) is 0 Å². The maximum atomic E-state index is 9.85. The lowest BCUT2D eigenvalue weighted by atomic mass is 10.0. The van der Waals surface area contributed by atoms with E-state index >= 15 is 0 Å². The van der Waals surface area contributed by atoms with Crippen molar-refractivity contribution in [3.8, 4) is 0 Å². The predicted molar refractivity (Wildman–Crippen MR) is 69.9 cm³/mol. The summed E-state index contributed by atoms with van der Waals surface area (Å²) in [6, 6.07) is 7.73. The summed E-state index contributed by atoms with van der Waals surface area (Å²) < 4.78 is 0. The SMILES string of the molecule is CCCCCCC(O)Cc1cccc(Cl)c1. The minimum Gasteiger partial charge on any atom is -0.393 e. The van der Waals surface area contributed by atoms with Crippen LogP contribution < -0.4 is 0 Å². The minimum atomic E-state index is -0.227. The van der Waals surface area contributed by atoms with Crippen molar-refractivity contribution in [3.63, 3.8) is 0 Å². The fourth-order valence-corrected chi connectivity index (χ4v) is 2.06. The summed E-state index contributed by atoms with van der Waals surface area (Å²) in [6.45, 7) is 2.20. The van der Waals surface area contributed by atoms with E-state index in [0.717, 1.165) is 23.4 Å². The fourth-order valence-electron chi connectivity index (χ4n) is 1.84. The second-order valence-corrected chi connectivity index (χ2v) is 4.77. The number of benzene rings is 1. The molecule has 0 aromatic heterocycles. The van der Waals surface area contributed by atoms with E-state index in [0.29, 0.717) is 6.42 Å². The largest absolute Gasteiger partial charge is 0.393 e. The summed E-state index contributed by atoms with van der Waals surface area (Å²) in [5, 5.41) is 10.6. The number of unbranched alkanes of at least 4 members (excludes halogenated alkanes) is 3. The summed E-state index contributed by atoms with van der Waals surface area (Å²) in [5.74, 6) is 0. The molecule has 0 aliphatic rings. The van der Waals surface area contributed by atoms with Crippen molar-refractivity contribution in [2.75, 3.05) is 0 Å². The first-order valence-corrected chi connectivity index (χ1v) is 6.52. The number of hydrogen-bond acceptors (Lipinski definition) is 1. The van der Waals surface area contributed by atoms with Gasteiger partial charge in [-0.05, 0) is 30.5 Å². The number of hydrogen-bond donors (Lipinski definition) is 1. The molecule has 1 N–H and O–H groups in total. The quantitative estimate of drug-likeness (QED) is 0.708. The first kappa shape index (κ1) is 13.5. The van der Waals surface area contributed by atoms with Crippen molar-refractivity contribution in [2.24, 2.45) is 0 Å². The van der Waals surface area contributed by atoms with Gasteiger partial charge in [0.15, 0.2) is 0 Å². The van der Waals surface area contributed by atoms with Crippen molar-refractivity contribution < 1.29 is 5.11 Å². The van der Waals surface area contributed by atoms with E-state index in [9.17, 15) is 5.11 Å². The lowest BCUT2D eigenvalue weighted by Crippen LogP contribution is -2.10. The molecule has 0 spiro atoms. The van der Waals surface area contributed by atoms with Crippen LogP contribution in [0.3, 0.4) is 0 Å². The molecule has 1 atom stereocenters. The topological polar surface area (TPSA) is 20.2 Å². The summed E-state index contributed by atoms with van der Waals surface area (Å²) >= 11 is 5.89. The summed E-state index contributed by atoms with van der Waals surface area (Å²) in [4.78, 5) is 0. The molecule has 0 heterocycles. The Labute approximate surface area is 103 Å². The molecule has 1 aromatic rings. The van der Waals surface area contributed by atoms with Crippen LogP contribution in [0.2, 0.25) is 5.02 Å². The average molecular weight is 241 g/mol. The zero-order valence-corrected chi connectivity index (χ0v) is 10.7. The Morgan fingerprint density at radius 1 is 1.25 bits per heavy atom. The van der Waals surface area contributed by atoms with Crippen molar-refractivity contribution in [3.05, 3.63) is 34.9 Å². The minimum absolute atomic E-state index is 0.227. The number of aliphatic hydroxyl groups is 1. The van der Waals surface area contributed by atoms with E-state index in [2.05, 4.69) is 6.92 Å². The van der Waals surface area contributed by atoms with E-state index in [1.807, 2.05) is 24.3 Å². The van der Waals surface area contributed by atoms with Gasteiger partial charge in [0, 0.05) is 5.02 Å². The van der Waals surface area contributed by atoms with Crippen molar-refractivity contribution in [1.82, 2.24) is 0 Å². The molecule has 1 unspecified atom stereocenters. The first-order valence-electron chi connectivity index (χ1n) is 6.15. The Morgan fingerprint density at radius 2 is 2.06 bits per heavy atom. The van der Waals surface area contributed by atoms with Gasteiger partial charge in [0.2, 0.25) is 0 Å². The molecule has 1 nitrogen and oxygen atoms in total. The number of aliphatic hydroxyl groups excluding tert-OH is 1. The molecule has 1 rings (SSSR count). The maximum absolute atomic E-state index is 9.85. The van der Waals surface area contributed by atoms with Crippen LogP contribution in [-0.4, -0.2) is 11.2 Å². The Morgan fingerprint density at radius 3 is 2.75 bits per heavy atom. The molecule has 0 radical (unpaired) electrons. The van der Waals surface area contributed by atoms with Crippen LogP contribution >= 0.6 is 11.6 Å². The van der Waals surface area contributed by atoms with Gasteiger partial charge < -0.3 is 5.11 Å². The zero-order valence-electron chi connectivity index (χ0n) is 9.95. The highest BCUT2D eigenvalue weighted by Gasteiger charge is 2.05. The summed E-state index contributed by atoms with van der Waals surface area (Å²) in [7, 11) is 0. The Hall–Kier alpha value is -0.530. The summed E-state index contributed by atoms with van der Waals surface area (Å²) in [5.41, 5.74) is 1.12. The van der Waals surface area contributed by atoms with Crippen molar-refractivity contribution in [2.45, 2.75) is 51.6 Å². The van der Waals surface area contributed by atoms with E-state index in [4.69, 9.17) is 11.6 Å². The van der Waals surface area contributed by atoms with Gasteiger partial charge >= 0.3 is 0 Å². The van der Waals surface area contributed by atoms with Crippen LogP contribution in [0.15, 0.2) is 24.3 Å². The Kier molecular flexibility index (Phi) is 6.51. The van der Waals surface area contributed by atoms with Gasteiger partial charge in [-0.25, -0.2) is 0 Å². The smallest absolute Gasteiger partial charge is 0.0580 e. The van der Waals surface area contributed by atoms with Gasteiger partial charge in [-0.3, -0.25) is 0 Å². The lowest BCUT2D eigenvalue weighted by Gasteiger charge is -2.10. The molecule has 0 fully saturated rings. The molecule has 0 aliphatic carbocycles. The number of halogens is 1. The third kappa shape index (κ3) is 5.53. The third-order valence-corrected chi connectivity index (χ3v) is 2.99. The average Bonchev–Trinajstić information content (AvgIpc) is 2.24. The van der Waals surface area contributed by atoms with E-state index in [-0.39, 0.29) is 6.10 Å². The molecule has 1 aromatic carbocycles. The highest BCUT2D eigenvalue weighted by atomic mass is 35.5. The van der Waals surface area contributed by atoms with E-state index < -0.39 is 0 Å². The Balaban J connectivity index is 2.25. The predicted octanol–water partition coefficient (Wildman–Crippen LogP) is 4.21. The maximum Gasteiger partial charge on any atom is 0.0580 e. The molecule has 0 saturated carbocycles. The van der Waals surface area contributed by atoms with Gasteiger partial charge in [-0.2, -0.15) is 0 Å². The number of rotatable bonds is 7. The molecule has 0 bridgehead atoms. The highest BCUT2D eigenvalue weighted by Crippen LogP contribution is 2.14. The molecule has 2 heteroatoms. The molecule has 0 aliphatic heterocycles. The highest BCUT2D eigenvalue weighted by molar-refractivity contribution is 6.30. The zero-order chi connectivity index (χ0) is 11.8. The molecule has 0 amide bonds. The fraction of sp³-hybridized carbons (Fsp3) is 0.571. The molecule has 16 heavy (non-hydrogen) atoms.